The fraction of sp³-hybridized carbons (Fsp3) is 0.250. The molecular weight excluding hydrogens is 252 g/mol. The number of fused-ring (bicyclic) bond motifs is 1. The number of aromatic nitrogens is 1. The van der Waals surface area contributed by atoms with E-state index in [-0.39, 0.29) is 12.0 Å². The Balaban J connectivity index is 1.79. The van der Waals surface area contributed by atoms with Gasteiger partial charge in [0.1, 0.15) is 11.4 Å². The predicted molar refractivity (Wildman–Crippen MR) is 76.8 cm³/mol. The number of nitrogens with one attached hydrogen (secondary N) is 1. The predicted octanol–water partition coefficient (Wildman–Crippen LogP) is 2.45. The molecule has 20 heavy (non-hydrogen) atoms. The maximum absolute atomic E-state index is 11.7. The number of pyridine rings is 1. The van der Waals surface area contributed by atoms with Crippen molar-refractivity contribution in [3.05, 3.63) is 59.3 Å². The summed E-state index contributed by atoms with van der Waals surface area (Å²) in [6.07, 6.45) is 3.58. The van der Waals surface area contributed by atoms with E-state index in [1.165, 1.54) is 18.2 Å². The van der Waals surface area contributed by atoms with Crippen molar-refractivity contribution >= 4 is 11.8 Å². The lowest BCUT2D eigenvalue weighted by Crippen LogP contribution is -2.22. The number of hydrogen-bond acceptors (Lipinski definition) is 4. The summed E-state index contributed by atoms with van der Waals surface area (Å²) in [5.41, 5.74) is 3.20. The van der Waals surface area contributed by atoms with Crippen molar-refractivity contribution in [1.82, 2.24) is 4.98 Å². The fourth-order valence-electron chi connectivity index (χ4n) is 2.65. The van der Waals surface area contributed by atoms with Crippen molar-refractivity contribution in [3.63, 3.8) is 0 Å². The minimum atomic E-state index is -0.365. The third-order valence-electron chi connectivity index (χ3n) is 3.60. The third-order valence-corrected chi connectivity index (χ3v) is 3.60. The van der Waals surface area contributed by atoms with E-state index in [9.17, 15) is 4.79 Å². The average Bonchev–Trinajstić information content (AvgIpc) is 2.89. The Hall–Kier alpha value is -2.36. The molecule has 0 amide bonds. The first kappa shape index (κ1) is 12.7. The highest BCUT2D eigenvalue weighted by molar-refractivity contribution is 5.94. The zero-order chi connectivity index (χ0) is 13.9. The second kappa shape index (κ2) is 5.33. The summed E-state index contributed by atoms with van der Waals surface area (Å²) in [5, 5.41) is 3.36. The van der Waals surface area contributed by atoms with Gasteiger partial charge in [-0.05, 0) is 36.1 Å². The number of ether oxygens (including phenoxy) is 1. The van der Waals surface area contributed by atoms with Crippen LogP contribution in [-0.4, -0.2) is 24.1 Å². The quantitative estimate of drug-likeness (QED) is 0.869. The van der Waals surface area contributed by atoms with Crippen LogP contribution in [0.15, 0.2) is 42.6 Å². The van der Waals surface area contributed by atoms with E-state index in [4.69, 9.17) is 4.74 Å². The molecule has 0 atom stereocenters. The average molecular weight is 268 g/mol. The van der Waals surface area contributed by atoms with Crippen LogP contribution in [0.4, 0.5) is 5.82 Å². The standard InChI is InChI=1S/C16H16N2O2/c1-20-16(19)14-7-4-8-17-15(14)18-13-9-11-5-2-3-6-12(11)10-13/h2-8,13H,9-10H2,1H3,(H,17,18). The molecule has 0 bridgehead atoms. The van der Waals surface area contributed by atoms with E-state index in [1.807, 2.05) is 0 Å². The summed E-state index contributed by atoms with van der Waals surface area (Å²) in [4.78, 5) is 16.0. The molecule has 0 saturated carbocycles. The number of esters is 1. The number of nitrogens with zero attached hydrogens (tertiary/aromatic N) is 1. The Kier molecular flexibility index (Phi) is 3.37. The Morgan fingerprint density at radius 1 is 1.20 bits per heavy atom. The first-order chi connectivity index (χ1) is 9.78. The van der Waals surface area contributed by atoms with Gasteiger partial charge in [-0.15, -0.1) is 0 Å². The normalized spacial score (nSPS) is 13.8. The molecule has 102 valence electrons. The van der Waals surface area contributed by atoms with Gasteiger partial charge < -0.3 is 10.1 Å². The molecular formula is C16H16N2O2. The van der Waals surface area contributed by atoms with Gasteiger partial charge in [-0.1, -0.05) is 24.3 Å². The van der Waals surface area contributed by atoms with Gasteiger partial charge in [0.25, 0.3) is 0 Å². The lowest BCUT2D eigenvalue weighted by Gasteiger charge is -2.14. The van der Waals surface area contributed by atoms with Gasteiger partial charge in [-0.2, -0.15) is 0 Å². The van der Waals surface area contributed by atoms with Gasteiger partial charge >= 0.3 is 5.97 Å². The minimum Gasteiger partial charge on any atom is -0.465 e. The van der Waals surface area contributed by atoms with Crippen molar-refractivity contribution in [1.29, 1.82) is 0 Å². The molecule has 0 radical (unpaired) electrons. The van der Waals surface area contributed by atoms with E-state index in [0.29, 0.717) is 11.4 Å². The van der Waals surface area contributed by atoms with Gasteiger partial charge in [-0.25, -0.2) is 9.78 Å². The summed E-state index contributed by atoms with van der Waals surface area (Å²) in [7, 11) is 1.38. The second-order valence-electron chi connectivity index (χ2n) is 4.91. The Labute approximate surface area is 117 Å². The molecule has 2 aromatic rings. The van der Waals surface area contributed by atoms with Crippen molar-refractivity contribution in [2.45, 2.75) is 18.9 Å². The van der Waals surface area contributed by atoms with E-state index in [2.05, 4.69) is 34.6 Å². The first-order valence-corrected chi connectivity index (χ1v) is 6.64. The zero-order valence-electron chi connectivity index (χ0n) is 11.3. The second-order valence-corrected chi connectivity index (χ2v) is 4.91. The van der Waals surface area contributed by atoms with Crippen molar-refractivity contribution < 1.29 is 9.53 Å². The van der Waals surface area contributed by atoms with Gasteiger partial charge in [0.15, 0.2) is 0 Å². The molecule has 0 fully saturated rings. The summed E-state index contributed by atoms with van der Waals surface area (Å²) in [6.45, 7) is 0. The first-order valence-electron chi connectivity index (χ1n) is 6.64. The molecule has 1 aliphatic carbocycles. The monoisotopic (exact) mass is 268 g/mol. The third kappa shape index (κ3) is 2.37. The molecule has 0 unspecified atom stereocenters. The number of benzene rings is 1. The highest BCUT2D eigenvalue weighted by atomic mass is 16.5. The molecule has 0 saturated heterocycles. The SMILES string of the molecule is COC(=O)c1cccnc1NC1Cc2ccccc2C1. The molecule has 1 aliphatic rings. The molecule has 0 spiro atoms. The highest BCUT2D eigenvalue weighted by Crippen LogP contribution is 2.25. The largest absolute Gasteiger partial charge is 0.465 e. The topological polar surface area (TPSA) is 51.2 Å². The lowest BCUT2D eigenvalue weighted by molar-refractivity contribution is 0.0601. The van der Waals surface area contributed by atoms with Crippen LogP contribution < -0.4 is 5.32 Å². The molecule has 0 aliphatic heterocycles. The molecule has 1 N–H and O–H groups in total. The molecule has 1 heterocycles. The van der Waals surface area contributed by atoms with Crippen LogP contribution in [0.25, 0.3) is 0 Å². The van der Waals surface area contributed by atoms with E-state index in [1.54, 1.807) is 18.3 Å². The van der Waals surface area contributed by atoms with E-state index < -0.39 is 0 Å². The zero-order valence-corrected chi connectivity index (χ0v) is 11.3. The van der Waals surface area contributed by atoms with Gasteiger partial charge in [0.2, 0.25) is 0 Å². The summed E-state index contributed by atoms with van der Waals surface area (Å²) >= 11 is 0. The Morgan fingerprint density at radius 3 is 2.55 bits per heavy atom. The van der Waals surface area contributed by atoms with Gasteiger partial charge in [0, 0.05) is 12.2 Å². The molecule has 4 nitrogen and oxygen atoms in total. The van der Waals surface area contributed by atoms with Crippen LogP contribution in [0, 0.1) is 0 Å². The maximum atomic E-state index is 11.7. The van der Waals surface area contributed by atoms with Crippen molar-refractivity contribution in [2.75, 3.05) is 12.4 Å². The summed E-state index contributed by atoms with van der Waals surface area (Å²) in [5.74, 6) is 0.230. The van der Waals surface area contributed by atoms with Crippen LogP contribution in [0.2, 0.25) is 0 Å². The number of carbonyl (C=O) groups excluding carboxylic acids is 1. The van der Waals surface area contributed by atoms with Crippen LogP contribution in [-0.2, 0) is 17.6 Å². The van der Waals surface area contributed by atoms with Gasteiger partial charge in [-0.3, -0.25) is 0 Å². The van der Waals surface area contributed by atoms with Crippen LogP contribution in [0.1, 0.15) is 21.5 Å². The number of methoxy groups -OCH3 is 1. The number of hydrogen-bond donors (Lipinski definition) is 1. The Bertz CT molecular complexity index is 615. The maximum Gasteiger partial charge on any atom is 0.341 e. The lowest BCUT2D eigenvalue weighted by atomic mass is 10.1. The summed E-state index contributed by atoms with van der Waals surface area (Å²) in [6, 6.07) is 12.1. The number of carbonyl (C=O) groups is 1. The van der Waals surface area contributed by atoms with Gasteiger partial charge in [0.05, 0.1) is 7.11 Å². The summed E-state index contributed by atoms with van der Waals surface area (Å²) < 4.78 is 4.78. The van der Waals surface area contributed by atoms with Crippen molar-refractivity contribution in [3.8, 4) is 0 Å². The highest BCUT2D eigenvalue weighted by Gasteiger charge is 2.23. The number of anilines is 1. The van der Waals surface area contributed by atoms with Crippen LogP contribution in [0.5, 0.6) is 0 Å². The molecule has 1 aromatic carbocycles. The molecule has 1 aromatic heterocycles. The Morgan fingerprint density at radius 2 is 1.90 bits per heavy atom. The number of rotatable bonds is 3. The van der Waals surface area contributed by atoms with E-state index in [0.717, 1.165) is 12.8 Å². The van der Waals surface area contributed by atoms with Crippen molar-refractivity contribution in [2.24, 2.45) is 0 Å². The minimum absolute atomic E-state index is 0.269. The smallest absolute Gasteiger partial charge is 0.341 e. The molecule has 3 rings (SSSR count). The van der Waals surface area contributed by atoms with E-state index >= 15 is 0 Å². The fourth-order valence-corrected chi connectivity index (χ4v) is 2.65. The van der Waals surface area contributed by atoms with Crippen LogP contribution >= 0.6 is 0 Å². The van der Waals surface area contributed by atoms with Crippen LogP contribution in [0.3, 0.4) is 0 Å². The molecule has 4 heteroatoms.